The van der Waals surface area contributed by atoms with Crippen LogP contribution in [0.15, 0.2) is 63.6 Å². The molecule has 140 valence electrons. The van der Waals surface area contributed by atoms with Crippen molar-refractivity contribution in [1.29, 1.82) is 0 Å². The molecule has 5 nitrogen and oxygen atoms in total. The van der Waals surface area contributed by atoms with Crippen molar-refractivity contribution >= 4 is 17.0 Å². The number of ether oxygens (including phenoxy) is 1. The highest BCUT2D eigenvalue weighted by atomic mass is 32.2. The number of methoxy groups -OCH3 is 1. The summed E-state index contributed by atoms with van der Waals surface area (Å²) in [5, 5.41) is 0. The molecule has 1 aromatic carbocycles. The number of hydrogen-bond donors (Lipinski definition) is 1. The third-order valence-electron chi connectivity index (χ3n) is 3.94. The van der Waals surface area contributed by atoms with Gasteiger partial charge in [-0.25, -0.2) is 13.7 Å². The first-order chi connectivity index (χ1) is 12.6. The van der Waals surface area contributed by atoms with Gasteiger partial charge in [0.2, 0.25) is 0 Å². The first-order valence-electron chi connectivity index (χ1n) is 8.63. The molecule has 1 N–H and O–H groups in total. The van der Waals surface area contributed by atoms with E-state index in [2.05, 4.69) is 11.6 Å². The van der Waals surface area contributed by atoms with Gasteiger partial charge in [0, 0.05) is 0 Å². The Bertz CT molecular complexity index is 751. The fourth-order valence-corrected chi connectivity index (χ4v) is 3.44. The van der Waals surface area contributed by atoms with Gasteiger partial charge in [-0.15, -0.1) is 0 Å². The maximum Gasteiger partial charge on any atom is 0.335 e. The van der Waals surface area contributed by atoms with Crippen LogP contribution >= 0.6 is 0 Å². The zero-order chi connectivity index (χ0) is 18.9. The third kappa shape index (κ3) is 5.41. The molecule has 0 bridgehead atoms. The second-order valence-electron chi connectivity index (χ2n) is 5.94. The number of unbranched alkanes of at least 4 members (excludes halogenated alkanes) is 2. The molecule has 0 aliphatic carbocycles. The molecule has 0 unspecified atom stereocenters. The number of hydrogen-bond acceptors (Lipinski definition) is 4. The Morgan fingerprint density at radius 2 is 2.04 bits per heavy atom. The smallest absolute Gasteiger partial charge is 0.335 e. The second kappa shape index (κ2) is 10.1. The number of benzene rings is 1. The Balaban J connectivity index is 2.32. The van der Waals surface area contributed by atoms with Crippen LogP contribution in [-0.2, 0) is 20.5 Å². The van der Waals surface area contributed by atoms with E-state index in [-0.39, 0.29) is 0 Å². The van der Waals surface area contributed by atoms with E-state index in [4.69, 9.17) is 9.15 Å². The maximum absolute atomic E-state index is 12.8. The molecule has 0 amide bonds. The fourth-order valence-electron chi connectivity index (χ4n) is 2.47. The minimum atomic E-state index is -1.51. The molecule has 0 aliphatic rings. The van der Waals surface area contributed by atoms with Crippen molar-refractivity contribution in [3.63, 3.8) is 0 Å². The lowest BCUT2D eigenvalue weighted by Crippen LogP contribution is -2.28. The number of esters is 1. The summed E-state index contributed by atoms with van der Waals surface area (Å²) < 4.78 is 26.2. The molecule has 0 saturated heterocycles. The lowest BCUT2D eigenvalue weighted by atomic mass is 10.0. The van der Waals surface area contributed by atoms with Crippen LogP contribution in [0.5, 0.6) is 0 Å². The van der Waals surface area contributed by atoms with Gasteiger partial charge >= 0.3 is 5.97 Å². The SMILES string of the molecule is CCCC/C=C(\C(=O)OC)[C@@H](N[S@@](=O)c1ccc(C)cc1)c1ccco1. The Labute approximate surface area is 157 Å². The lowest BCUT2D eigenvalue weighted by molar-refractivity contribution is -0.136. The van der Waals surface area contributed by atoms with Crippen LogP contribution < -0.4 is 4.72 Å². The van der Waals surface area contributed by atoms with E-state index in [9.17, 15) is 9.00 Å². The van der Waals surface area contributed by atoms with Gasteiger partial charge in [0.15, 0.2) is 0 Å². The minimum absolute atomic E-state index is 0.399. The molecule has 0 fully saturated rings. The van der Waals surface area contributed by atoms with Crippen LogP contribution in [0, 0.1) is 6.92 Å². The van der Waals surface area contributed by atoms with Gasteiger partial charge in [-0.2, -0.15) is 0 Å². The van der Waals surface area contributed by atoms with Crippen LogP contribution in [-0.4, -0.2) is 17.3 Å². The summed E-state index contributed by atoms with van der Waals surface area (Å²) in [4.78, 5) is 13.0. The van der Waals surface area contributed by atoms with E-state index in [1.54, 1.807) is 24.3 Å². The van der Waals surface area contributed by atoms with Crippen molar-refractivity contribution < 1.29 is 18.2 Å². The van der Waals surface area contributed by atoms with Crippen molar-refractivity contribution in [3.05, 3.63) is 65.6 Å². The summed E-state index contributed by atoms with van der Waals surface area (Å²) in [5.41, 5.74) is 1.49. The van der Waals surface area contributed by atoms with Gasteiger partial charge in [-0.3, -0.25) is 0 Å². The molecule has 6 heteroatoms. The quantitative estimate of drug-likeness (QED) is 0.404. The number of furan rings is 1. The molecule has 0 saturated carbocycles. The molecule has 2 atom stereocenters. The minimum Gasteiger partial charge on any atom is -0.467 e. The average molecular weight is 375 g/mol. The molecular formula is C20H25NO4S. The zero-order valence-electron chi connectivity index (χ0n) is 15.4. The second-order valence-corrected chi connectivity index (χ2v) is 7.19. The largest absolute Gasteiger partial charge is 0.467 e. The Hall–Kier alpha value is -2.18. The molecule has 0 radical (unpaired) electrons. The maximum atomic E-state index is 12.8. The molecule has 0 aliphatic heterocycles. The summed E-state index contributed by atoms with van der Waals surface area (Å²) in [6.07, 6.45) is 6.06. The van der Waals surface area contributed by atoms with Crippen molar-refractivity contribution in [3.8, 4) is 0 Å². The number of allylic oxidation sites excluding steroid dienone is 1. The topological polar surface area (TPSA) is 68.5 Å². The summed E-state index contributed by atoms with van der Waals surface area (Å²) in [6, 6.07) is 10.2. The van der Waals surface area contributed by atoms with Crippen LogP contribution in [0.25, 0.3) is 0 Å². The molecule has 1 heterocycles. The highest BCUT2D eigenvalue weighted by Crippen LogP contribution is 2.26. The summed E-state index contributed by atoms with van der Waals surface area (Å²) in [5.74, 6) is 0.0505. The van der Waals surface area contributed by atoms with E-state index in [0.29, 0.717) is 16.2 Å². The molecule has 0 spiro atoms. The number of carbonyl (C=O) groups is 1. The van der Waals surface area contributed by atoms with Gasteiger partial charge in [0.05, 0.1) is 23.8 Å². The van der Waals surface area contributed by atoms with Crippen molar-refractivity contribution in [1.82, 2.24) is 4.72 Å². The number of nitrogens with one attached hydrogen (secondary N) is 1. The lowest BCUT2D eigenvalue weighted by Gasteiger charge is -2.18. The molecule has 26 heavy (non-hydrogen) atoms. The highest BCUT2D eigenvalue weighted by molar-refractivity contribution is 7.83. The van der Waals surface area contributed by atoms with Crippen LogP contribution in [0.2, 0.25) is 0 Å². The predicted molar refractivity (Wildman–Crippen MR) is 102 cm³/mol. The van der Waals surface area contributed by atoms with Crippen LogP contribution in [0.4, 0.5) is 0 Å². The van der Waals surface area contributed by atoms with Gasteiger partial charge in [-0.05, 0) is 37.6 Å². The Morgan fingerprint density at radius 3 is 2.62 bits per heavy atom. The van der Waals surface area contributed by atoms with Crippen LogP contribution in [0.1, 0.15) is 43.6 Å². The van der Waals surface area contributed by atoms with E-state index in [1.807, 2.05) is 25.1 Å². The fraction of sp³-hybridized carbons (Fsp3) is 0.350. The van der Waals surface area contributed by atoms with E-state index >= 15 is 0 Å². The van der Waals surface area contributed by atoms with E-state index in [0.717, 1.165) is 24.8 Å². The summed E-state index contributed by atoms with van der Waals surface area (Å²) in [7, 11) is -0.172. The summed E-state index contributed by atoms with van der Waals surface area (Å²) >= 11 is 0. The number of rotatable bonds is 9. The zero-order valence-corrected chi connectivity index (χ0v) is 16.2. The van der Waals surface area contributed by atoms with Crippen molar-refractivity contribution in [2.75, 3.05) is 7.11 Å². The number of aryl methyl sites for hydroxylation is 1. The monoisotopic (exact) mass is 375 g/mol. The molecule has 2 rings (SSSR count). The Kier molecular flexibility index (Phi) is 7.81. The normalized spacial score (nSPS) is 14.0. The molecule has 2 aromatic rings. The van der Waals surface area contributed by atoms with Crippen LogP contribution in [0.3, 0.4) is 0 Å². The van der Waals surface area contributed by atoms with Gasteiger partial charge in [0.1, 0.15) is 22.8 Å². The number of carbonyl (C=O) groups excluding carboxylic acids is 1. The highest BCUT2D eigenvalue weighted by Gasteiger charge is 2.27. The predicted octanol–water partition coefficient (Wildman–Crippen LogP) is 4.23. The van der Waals surface area contributed by atoms with E-state index in [1.165, 1.54) is 13.4 Å². The first kappa shape index (κ1) is 20.1. The average Bonchev–Trinajstić information content (AvgIpc) is 3.18. The van der Waals surface area contributed by atoms with E-state index < -0.39 is 23.0 Å². The third-order valence-corrected chi connectivity index (χ3v) is 5.09. The van der Waals surface area contributed by atoms with Gasteiger partial charge in [0.25, 0.3) is 0 Å². The van der Waals surface area contributed by atoms with Gasteiger partial charge in [-0.1, -0.05) is 43.5 Å². The Morgan fingerprint density at radius 1 is 1.31 bits per heavy atom. The summed E-state index contributed by atoms with van der Waals surface area (Å²) in [6.45, 7) is 4.05. The van der Waals surface area contributed by atoms with Crippen molar-refractivity contribution in [2.24, 2.45) is 0 Å². The molecule has 1 aromatic heterocycles. The van der Waals surface area contributed by atoms with Crippen molar-refractivity contribution in [2.45, 2.75) is 44.0 Å². The molecular weight excluding hydrogens is 350 g/mol. The standard InChI is InChI=1S/C20H25NO4S/c1-4-5-6-8-17(20(22)24-3)19(18-9-7-14-25-18)21-26(23)16-12-10-15(2)11-13-16/h7-14,19,21H,4-6H2,1-3H3/b17-8-/t19-,26+/m1/s1. The first-order valence-corrected chi connectivity index (χ1v) is 9.78. The van der Waals surface area contributed by atoms with Gasteiger partial charge < -0.3 is 9.15 Å².